The van der Waals surface area contributed by atoms with E-state index in [4.69, 9.17) is 14.2 Å². The molecule has 1 aromatic heterocycles. The Morgan fingerprint density at radius 3 is 2.40 bits per heavy atom. The van der Waals surface area contributed by atoms with Crippen molar-refractivity contribution in [2.75, 3.05) is 27.1 Å². The van der Waals surface area contributed by atoms with Crippen molar-refractivity contribution in [1.29, 1.82) is 0 Å². The molecule has 1 unspecified atom stereocenters. The van der Waals surface area contributed by atoms with Gasteiger partial charge in [-0.1, -0.05) is 19.6 Å². The average molecular weight is 302 g/mol. The summed E-state index contributed by atoms with van der Waals surface area (Å²) in [5.41, 5.74) is 0. The topological polar surface area (TPSA) is 53.5 Å². The summed E-state index contributed by atoms with van der Waals surface area (Å²) in [5.74, 6) is -0.0739. The van der Waals surface area contributed by atoms with Gasteiger partial charge in [-0.05, 0) is 6.04 Å². The van der Waals surface area contributed by atoms with E-state index in [1.54, 1.807) is 0 Å². The first-order valence-corrected chi connectivity index (χ1v) is 10.3. The minimum Gasteiger partial charge on any atom is -0.371 e. The van der Waals surface area contributed by atoms with Crippen molar-refractivity contribution in [2.45, 2.75) is 31.8 Å². The average Bonchev–Trinajstić information content (AvgIpc) is 2.38. The quantitative estimate of drug-likeness (QED) is 0.399. The summed E-state index contributed by atoms with van der Waals surface area (Å²) in [6.07, 6.45) is 1.80. The smallest absolute Gasteiger partial charge is 0.159 e. The third-order valence-electron chi connectivity index (χ3n) is 2.65. The molecule has 1 rings (SSSR count). The summed E-state index contributed by atoms with van der Waals surface area (Å²) in [4.78, 5) is 7.74. The van der Waals surface area contributed by atoms with Gasteiger partial charge in [0, 0.05) is 21.8 Å². The summed E-state index contributed by atoms with van der Waals surface area (Å²) in [7, 11) is 0.470. The second-order valence-corrected chi connectivity index (χ2v) is 11.3. The molecule has 0 aromatic carbocycles. The van der Waals surface area contributed by atoms with Gasteiger partial charge in [0.05, 0.1) is 19.0 Å². The van der Waals surface area contributed by atoms with Crippen LogP contribution in [0.3, 0.4) is 0 Å². The molecule has 0 spiro atoms. The number of halogens is 1. The van der Waals surface area contributed by atoms with Gasteiger partial charge in [-0.3, -0.25) is 0 Å². The molecule has 1 heterocycles. The molecule has 114 valence electrons. The van der Waals surface area contributed by atoms with Crippen molar-refractivity contribution in [3.8, 4) is 0 Å². The Balaban J connectivity index is 2.23. The van der Waals surface area contributed by atoms with Crippen LogP contribution in [0, 0.1) is 5.82 Å². The summed E-state index contributed by atoms with van der Waals surface area (Å²) < 4.78 is 28.7. The van der Waals surface area contributed by atoms with Crippen LogP contribution in [0.1, 0.15) is 11.9 Å². The van der Waals surface area contributed by atoms with Crippen LogP contribution >= 0.6 is 0 Å². The minimum atomic E-state index is -1.06. The van der Waals surface area contributed by atoms with Crippen LogP contribution in [0.5, 0.6) is 0 Å². The molecular formula is C13H23FN2O3Si. The number of ether oxygens (including phenoxy) is 3. The monoisotopic (exact) mass is 302 g/mol. The zero-order valence-electron chi connectivity index (χ0n) is 12.6. The van der Waals surface area contributed by atoms with Gasteiger partial charge >= 0.3 is 0 Å². The molecule has 0 aliphatic heterocycles. The van der Waals surface area contributed by atoms with E-state index in [2.05, 4.69) is 29.6 Å². The summed E-state index contributed by atoms with van der Waals surface area (Å²) >= 11 is 0. The molecule has 1 aromatic rings. The summed E-state index contributed by atoms with van der Waals surface area (Å²) in [6, 6.07) is 1.10. The van der Waals surface area contributed by atoms with Crippen molar-refractivity contribution in [3.05, 3.63) is 24.0 Å². The van der Waals surface area contributed by atoms with Gasteiger partial charge in [0.1, 0.15) is 12.9 Å². The number of rotatable bonds is 9. The Bertz CT molecular complexity index is 384. The van der Waals surface area contributed by atoms with Gasteiger partial charge in [-0.2, -0.15) is 0 Å². The molecule has 5 nitrogen and oxygen atoms in total. The first-order chi connectivity index (χ1) is 9.42. The molecule has 7 heteroatoms. The predicted molar refractivity (Wildman–Crippen MR) is 76.7 cm³/mol. The molecule has 1 atom stereocenters. The van der Waals surface area contributed by atoms with Crippen LogP contribution in [0.15, 0.2) is 12.4 Å². The van der Waals surface area contributed by atoms with E-state index in [1.807, 2.05) is 0 Å². The zero-order valence-corrected chi connectivity index (χ0v) is 13.6. The summed E-state index contributed by atoms with van der Waals surface area (Å²) in [5, 5.41) is 0. The normalized spacial score (nSPS) is 13.4. The lowest BCUT2D eigenvalue weighted by atomic mass is 10.3. The van der Waals surface area contributed by atoms with Crippen LogP contribution in [0.2, 0.25) is 25.7 Å². The fraction of sp³-hybridized carbons (Fsp3) is 0.692. The Labute approximate surface area is 120 Å². The maximum Gasteiger partial charge on any atom is 0.159 e. The van der Waals surface area contributed by atoms with Crippen molar-refractivity contribution in [3.63, 3.8) is 0 Å². The lowest BCUT2D eigenvalue weighted by Crippen LogP contribution is -2.22. The fourth-order valence-electron chi connectivity index (χ4n) is 1.39. The highest BCUT2D eigenvalue weighted by molar-refractivity contribution is 6.76. The van der Waals surface area contributed by atoms with Crippen molar-refractivity contribution >= 4 is 8.07 Å². The van der Waals surface area contributed by atoms with Crippen molar-refractivity contribution in [2.24, 2.45) is 0 Å². The molecule has 0 aliphatic carbocycles. The SMILES string of the molecule is COC(COCOCC[Si](C)(C)C)c1ncc(F)cn1. The largest absolute Gasteiger partial charge is 0.371 e. The molecule has 0 N–H and O–H groups in total. The number of methoxy groups -OCH3 is 1. The maximum absolute atomic E-state index is 12.7. The van der Waals surface area contributed by atoms with Gasteiger partial charge in [-0.25, -0.2) is 14.4 Å². The summed E-state index contributed by atoms with van der Waals surface area (Å²) in [6.45, 7) is 8.08. The Morgan fingerprint density at radius 1 is 1.20 bits per heavy atom. The molecule has 0 amide bonds. The number of hydrogen-bond acceptors (Lipinski definition) is 5. The fourth-order valence-corrected chi connectivity index (χ4v) is 2.14. The van der Waals surface area contributed by atoms with E-state index < -0.39 is 20.0 Å². The van der Waals surface area contributed by atoms with Crippen LogP contribution in [-0.4, -0.2) is 45.2 Å². The van der Waals surface area contributed by atoms with E-state index in [9.17, 15) is 4.39 Å². The molecule has 0 radical (unpaired) electrons. The van der Waals surface area contributed by atoms with Crippen LogP contribution in [-0.2, 0) is 14.2 Å². The number of aromatic nitrogens is 2. The van der Waals surface area contributed by atoms with E-state index in [1.165, 1.54) is 7.11 Å². The third kappa shape index (κ3) is 7.04. The van der Waals surface area contributed by atoms with Crippen LogP contribution in [0.4, 0.5) is 4.39 Å². The molecule has 0 bridgehead atoms. The molecular weight excluding hydrogens is 279 g/mol. The van der Waals surface area contributed by atoms with Gasteiger partial charge < -0.3 is 14.2 Å². The highest BCUT2D eigenvalue weighted by Crippen LogP contribution is 2.12. The first kappa shape index (κ1) is 17.2. The Kier molecular flexibility index (Phi) is 7.21. The predicted octanol–water partition coefficient (Wildman–Crippen LogP) is 2.63. The van der Waals surface area contributed by atoms with Crippen molar-refractivity contribution in [1.82, 2.24) is 9.97 Å². The zero-order chi connectivity index (χ0) is 15.0. The molecule has 20 heavy (non-hydrogen) atoms. The van der Waals surface area contributed by atoms with Gasteiger partial charge in [0.25, 0.3) is 0 Å². The van der Waals surface area contributed by atoms with Crippen molar-refractivity contribution < 1.29 is 18.6 Å². The minimum absolute atomic E-state index is 0.214. The number of hydrogen-bond donors (Lipinski definition) is 0. The van der Waals surface area contributed by atoms with Gasteiger partial charge in [-0.15, -0.1) is 0 Å². The Morgan fingerprint density at radius 2 is 1.85 bits per heavy atom. The highest BCUT2D eigenvalue weighted by atomic mass is 28.3. The second kappa shape index (κ2) is 8.41. The van der Waals surface area contributed by atoms with Crippen LogP contribution < -0.4 is 0 Å². The lowest BCUT2D eigenvalue weighted by Gasteiger charge is -2.16. The van der Waals surface area contributed by atoms with E-state index in [-0.39, 0.29) is 13.4 Å². The first-order valence-electron chi connectivity index (χ1n) is 6.58. The highest BCUT2D eigenvalue weighted by Gasteiger charge is 2.15. The number of nitrogens with zero attached hydrogens (tertiary/aromatic N) is 2. The van der Waals surface area contributed by atoms with E-state index >= 15 is 0 Å². The van der Waals surface area contributed by atoms with E-state index in [0.717, 1.165) is 18.4 Å². The molecule has 0 saturated carbocycles. The molecule has 0 fully saturated rings. The molecule has 0 aliphatic rings. The lowest BCUT2D eigenvalue weighted by molar-refractivity contribution is -0.0852. The third-order valence-corrected chi connectivity index (χ3v) is 4.35. The van der Waals surface area contributed by atoms with E-state index in [0.29, 0.717) is 12.4 Å². The second-order valence-electron chi connectivity index (χ2n) is 5.69. The van der Waals surface area contributed by atoms with Gasteiger partial charge in [0.15, 0.2) is 11.6 Å². The Hall–Kier alpha value is -0.893. The molecule has 0 saturated heterocycles. The maximum atomic E-state index is 12.7. The van der Waals surface area contributed by atoms with Crippen LogP contribution in [0.25, 0.3) is 0 Å². The van der Waals surface area contributed by atoms with Gasteiger partial charge in [0.2, 0.25) is 0 Å². The standard InChI is InChI=1S/C13H23FN2O3Si/c1-17-12(13-15-7-11(14)8-16-13)9-19-10-18-5-6-20(2,3)4/h7-8,12H,5-6,9-10H2,1-4H3.